The lowest BCUT2D eigenvalue weighted by atomic mass is 9.89. The summed E-state index contributed by atoms with van der Waals surface area (Å²) in [4.78, 5) is 16.1. The second-order valence-electron chi connectivity index (χ2n) is 10.9. The molecule has 3 aromatic carbocycles. The standard InChI is InChI=1S/C31H39N3O4S/c1-8-38-29-11-9-10-27-26(29)18-34(17-25-21(5)14-20(4)15-22(25)6)31(27,7)30(35)33-39(36,37)23-12-13-24(19(2)3)28(32)16-23/h9-16,19H,8,17-18,32H2,1-7H3,(H,33,35). The number of hydrogen-bond donors (Lipinski definition) is 2. The molecular formula is C31H39N3O4S. The normalized spacial score (nSPS) is 17.3. The van der Waals surface area contributed by atoms with E-state index in [4.69, 9.17) is 10.5 Å². The van der Waals surface area contributed by atoms with Gasteiger partial charge in [0, 0.05) is 24.3 Å². The van der Waals surface area contributed by atoms with Gasteiger partial charge >= 0.3 is 0 Å². The van der Waals surface area contributed by atoms with E-state index in [1.807, 2.05) is 43.9 Å². The van der Waals surface area contributed by atoms with Crippen molar-refractivity contribution in [2.75, 3.05) is 12.3 Å². The van der Waals surface area contributed by atoms with Crippen LogP contribution in [-0.2, 0) is 33.4 Å². The summed E-state index contributed by atoms with van der Waals surface area (Å²) in [5.74, 6) is 0.227. The zero-order valence-electron chi connectivity index (χ0n) is 23.9. The Balaban J connectivity index is 1.77. The van der Waals surface area contributed by atoms with Crippen molar-refractivity contribution in [3.05, 3.63) is 87.5 Å². The van der Waals surface area contributed by atoms with Crippen LogP contribution in [0, 0.1) is 20.8 Å². The summed E-state index contributed by atoms with van der Waals surface area (Å²) in [5.41, 5.74) is 12.3. The van der Waals surface area contributed by atoms with Gasteiger partial charge < -0.3 is 10.5 Å². The van der Waals surface area contributed by atoms with Gasteiger partial charge in [-0.15, -0.1) is 0 Å². The van der Waals surface area contributed by atoms with E-state index in [1.54, 1.807) is 13.0 Å². The number of aryl methyl sites for hydroxylation is 3. The SMILES string of the molecule is CCOc1cccc2c1CN(Cc1c(C)cc(C)cc1C)C2(C)C(=O)NS(=O)(=O)c1ccc(C(C)C)c(N)c1. The molecule has 3 N–H and O–H groups in total. The molecule has 8 heteroatoms. The molecule has 0 fully saturated rings. The molecule has 4 rings (SSSR count). The minimum atomic E-state index is -4.18. The first kappa shape index (κ1) is 28.6. The number of nitrogens with one attached hydrogen (secondary N) is 1. The Kier molecular flexibility index (Phi) is 7.83. The molecule has 1 amide bonds. The number of rotatable bonds is 8. The molecule has 39 heavy (non-hydrogen) atoms. The average molecular weight is 550 g/mol. The summed E-state index contributed by atoms with van der Waals surface area (Å²) >= 11 is 0. The van der Waals surface area contributed by atoms with Gasteiger partial charge in [0.15, 0.2) is 0 Å². The maximum absolute atomic E-state index is 14.1. The zero-order valence-corrected chi connectivity index (χ0v) is 24.7. The Bertz CT molecular complexity index is 1510. The molecule has 7 nitrogen and oxygen atoms in total. The van der Waals surface area contributed by atoms with Crippen molar-refractivity contribution in [3.8, 4) is 5.75 Å². The molecule has 0 spiro atoms. The van der Waals surface area contributed by atoms with Gasteiger partial charge in [-0.1, -0.05) is 49.7 Å². The fraction of sp³-hybridized carbons (Fsp3) is 0.387. The molecule has 0 aliphatic carbocycles. The van der Waals surface area contributed by atoms with E-state index in [-0.39, 0.29) is 10.8 Å². The number of carbonyl (C=O) groups excluding carboxylic acids is 1. The number of carbonyl (C=O) groups is 1. The average Bonchev–Trinajstić information content (AvgIpc) is 3.14. The van der Waals surface area contributed by atoms with Crippen molar-refractivity contribution in [1.29, 1.82) is 0 Å². The molecule has 0 saturated heterocycles. The zero-order chi connectivity index (χ0) is 28.7. The third-order valence-corrected chi connectivity index (χ3v) is 9.12. The van der Waals surface area contributed by atoms with Crippen LogP contribution >= 0.6 is 0 Å². The van der Waals surface area contributed by atoms with E-state index in [0.717, 1.165) is 33.4 Å². The molecule has 1 aliphatic heterocycles. The highest BCUT2D eigenvalue weighted by molar-refractivity contribution is 7.90. The highest BCUT2D eigenvalue weighted by Gasteiger charge is 2.49. The number of fused-ring (bicyclic) bond motifs is 1. The highest BCUT2D eigenvalue weighted by atomic mass is 32.2. The van der Waals surface area contributed by atoms with Crippen LogP contribution in [0.1, 0.15) is 72.6 Å². The summed E-state index contributed by atoms with van der Waals surface area (Å²) in [6.07, 6.45) is 0. The molecule has 1 heterocycles. The fourth-order valence-electron chi connectivity index (χ4n) is 5.65. The van der Waals surface area contributed by atoms with Crippen LogP contribution in [0.2, 0.25) is 0 Å². The van der Waals surface area contributed by atoms with E-state index in [2.05, 4.69) is 37.6 Å². The van der Waals surface area contributed by atoms with Crippen LogP contribution in [-0.4, -0.2) is 25.8 Å². The van der Waals surface area contributed by atoms with Crippen molar-refractivity contribution in [1.82, 2.24) is 9.62 Å². The topological polar surface area (TPSA) is 102 Å². The second kappa shape index (κ2) is 10.7. The predicted octanol–water partition coefficient (Wildman–Crippen LogP) is 5.45. The van der Waals surface area contributed by atoms with Gasteiger partial charge in [-0.05, 0) is 86.6 Å². The minimum Gasteiger partial charge on any atom is -0.494 e. The van der Waals surface area contributed by atoms with E-state index in [1.165, 1.54) is 17.7 Å². The number of hydrogen-bond acceptors (Lipinski definition) is 6. The molecule has 208 valence electrons. The molecule has 0 aromatic heterocycles. The number of anilines is 1. The molecule has 0 radical (unpaired) electrons. The van der Waals surface area contributed by atoms with Crippen molar-refractivity contribution >= 4 is 21.6 Å². The quantitative estimate of drug-likeness (QED) is 0.362. The van der Waals surface area contributed by atoms with Crippen LogP contribution in [0.3, 0.4) is 0 Å². The number of nitrogen functional groups attached to an aromatic ring is 1. The molecule has 1 aliphatic rings. The third-order valence-electron chi connectivity index (χ3n) is 7.79. The monoisotopic (exact) mass is 549 g/mol. The van der Waals surface area contributed by atoms with Crippen LogP contribution in [0.25, 0.3) is 0 Å². The summed E-state index contributed by atoms with van der Waals surface area (Å²) < 4.78 is 35.2. The van der Waals surface area contributed by atoms with Crippen molar-refractivity contribution in [2.45, 2.75) is 77.9 Å². The van der Waals surface area contributed by atoms with Crippen molar-refractivity contribution in [2.24, 2.45) is 0 Å². The van der Waals surface area contributed by atoms with Gasteiger partial charge in [-0.2, -0.15) is 0 Å². The maximum atomic E-state index is 14.1. The van der Waals surface area contributed by atoms with E-state index in [9.17, 15) is 13.2 Å². The van der Waals surface area contributed by atoms with Crippen molar-refractivity contribution < 1.29 is 17.9 Å². The lowest BCUT2D eigenvalue weighted by Crippen LogP contribution is -2.52. The summed E-state index contributed by atoms with van der Waals surface area (Å²) in [5, 5.41) is 0. The van der Waals surface area contributed by atoms with Gasteiger partial charge in [0.25, 0.3) is 15.9 Å². The van der Waals surface area contributed by atoms with E-state index >= 15 is 0 Å². The largest absolute Gasteiger partial charge is 0.494 e. The van der Waals surface area contributed by atoms with Crippen LogP contribution in [0.5, 0.6) is 5.75 Å². The van der Waals surface area contributed by atoms with Gasteiger partial charge in [0.2, 0.25) is 0 Å². The number of amides is 1. The van der Waals surface area contributed by atoms with Gasteiger partial charge in [-0.3, -0.25) is 9.69 Å². The Hall–Kier alpha value is -3.36. The third kappa shape index (κ3) is 5.28. The maximum Gasteiger partial charge on any atom is 0.264 e. The van der Waals surface area contributed by atoms with Gasteiger partial charge in [0.05, 0.1) is 11.5 Å². The first-order valence-electron chi connectivity index (χ1n) is 13.3. The molecular weight excluding hydrogens is 510 g/mol. The first-order chi connectivity index (χ1) is 18.3. The lowest BCUT2D eigenvalue weighted by molar-refractivity contribution is -0.131. The van der Waals surface area contributed by atoms with Gasteiger partial charge in [-0.25, -0.2) is 13.1 Å². The number of nitrogens with zero attached hydrogens (tertiary/aromatic N) is 1. The molecule has 3 aromatic rings. The summed E-state index contributed by atoms with van der Waals surface area (Å²) in [7, 11) is -4.18. The van der Waals surface area contributed by atoms with Gasteiger partial charge in [0.1, 0.15) is 11.3 Å². The molecule has 0 bridgehead atoms. The smallest absolute Gasteiger partial charge is 0.264 e. The number of ether oxygens (including phenoxy) is 1. The molecule has 1 atom stereocenters. The second-order valence-corrected chi connectivity index (χ2v) is 12.6. The van der Waals surface area contributed by atoms with E-state index < -0.39 is 21.5 Å². The number of benzene rings is 3. The lowest BCUT2D eigenvalue weighted by Gasteiger charge is -2.35. The fourth-order valence-corrected chi connectivity index (χ4v) is 6.74. The first-order valence-corrected chi connectivity index (χ1v) is 14.8. The van der Waals surface area contributed by atoms with E-state index in [0.29, 0.717) is 31.1 Å². The van der Waals surface area contributed by atoms with Crippen LogP contribution in [0.4, 0.5) is 5.69 Å². The molecule has 1 unspecified atom stereocenters. The van der Waals surface area contributed by atoms with Crippen molar-refractivity contribution in [3.63, 3.8) is 0 Å². The summed E-state index contributed by atoms with van der Waals surface area (Å²) in [6, 6.07) is 14.5. The Morgan fingerprint density at radius 2 is 1.77 bits per heavy atom. The number of nitrogens with two attached hydrogens (primary N) is 1. The Morgan fingerprint density at radius 3 is 2.36 bits per heavy atom. The van der Waals surface area contributed by atoms with Crippen LogP contribution < -0.4 is 15.2 Å². The molecule has 0 saturated carbocycles. The highest BCUT2D eigenvalue weighted by Crippen LogP contribution is 2.44. The Labute approximate surface area is 232 Å². The summed E-state index contributed by atoms with van der Waals surface area (Å²) in [6.45, 7) is 15.3. The number of sulfonamides is 1. The predicted molar refractivity (Wildman–Crippen MR) is 155 cm³/mol. The Morgan fingerprint density at radius 1 is 1.10 bits per heavy atom. The van der Waals surface area contributed by atoms with Crippen LogP contribution in [0.15, 0.2) is 53.4 Å². The minimum absolute atomic E-state index is 0.0422.